The van der Waals surface area contributed by atoms with Crippen LogP contribution >= 0.6 is 0 Å². The van der Waals surface area contributed by atoms with E-state index in [4.69, 9.17) is 5.11 Å². The van der Waals surface area contributed by atoms with Crippen molar-refractivity contribution in [2.45, 2.75) is 0 Å². The van der Waals surface area contributed by atoms with Crippen LogP contribution < -0.4 is 5.32 Å². The van der Waals surface area contributed by atoms with Crippen molar-refractivity contribution in [1.82, 2.24) is 15.2 Å². The zero-order chi connectivity index (χ0) is 13.0. The molecule has 0 aromatic carbocycles. The highest BCUT2D eigenvalue weighted by Crippen LogP contribution is 2.04. The van der Waals surface area contributed by atoms with Crippen LogP contribution in [0.15, 0.2) is 36.7 Å². The number of anilines is 1. The fourth-order valence-corrected chi connectivity index (χ4v) is 1.20. The van der Waals surface area contributed by atoms with Crippen molar-refractivity contribution >= 4 is 17.7 Å². The van der Waals surface area contributed by atoms with E-state index in [1.54, 1.807) is 12.1 Å². The van der Waals surface area contributed by atoms with Crippen molar-refractivity contribution in [1.29, 1.82) is 0 Å². The Hall–Kier alpha value is -2.83. The van der Waals surface area contributed by atoms with Gasteiger partial charge < -0.3 is 10.4 Å². The maximum absolute atomic E-state index is 11.7. The van der Waals surface area contributed by atoms with Crippen LogP contribution in [0.2, 0.25) is 0 Å². The topological polar surface area (TPSA) is 105 Å². The molecule has 0 bridgehead atoms. The Morgan fingerprint density at radius 3 is 2.61 bits per heavy atom. The Labute approximate surface area is 102 Å². The maximum atomic E-state index is 11.7. The van der Waals surface area contributed by atoms with Gasteiger partial charge in [-0.3, -0.25) is 9.78 Å². The Morgan fingerprint density at radius 2 is 2.06 bits per heavy atom. The number of nitrogens with one attached hydrogen (secondary N) is 1. The van der Waals surface area contributed by atoms with Crippen LogP contribution in [-0.4, -0.2) is 32.2 Å². The Balaban J connectivity index is 2.12. The molecule has 18 heavy (non-hydrogen) atoms. The minimum atomic E-state index is -1.09. The summed E-state index contributed by atoms with van der Waals surface area (Å²) in [6, 6.07) is 5.84. The van der Waals surface area contributed by atoms with Crippen LogP contribution in [0.25, 0.3) is 0 Å². The van der Waals surface area contributed by atoms with E-state index in [9.17, 15) is 9.59 Å². The zero-order valence-electron chi connectivity index (χ0n) is 9.07. The van der Waals surface area contributed by atoms with Gasteiger partial charge in [-0.1, -0.05) is 0 Å². The third-order valence-electron chi connectivity index (χ3n) is 2.06. The highest BCUT2D eigenvalue weighted by molar-refractivity contribution is 6.02. The summed E-state index contributed by atoms with van der Waals surface area (Å²) in [6.45, 7) is 0. The second kappa shape index (κ2) is 5.00. The van der Waals surface area contributed by atoms with Crippen LogP contribution in [0.5, 0.6) is 0 Å². The minimum Gasteiger partial charge on any atom is -0.478 e. The molecule has 7 heteroatoms. The van der Waals surface area contributed by atoms with E-state index in [1.807, 2.05) is 0 Å². The van der Waals surface area contributed by atoms with Crippen LogP contribution in [0.3, 0.4) is 0 Å². The van der Waals surface area contributed by atoms with Gasteiger partial charge >= 0.3 is 5.97 Å². The fourth-order valence-electron chi connectivity index (χ4n) is 1.20. The molecule has 0 fully saturated rings. The molecule has 90 valence electrons. The smallest absolute Gasteiger partial charge is 0.337 e. The monoisotopic (exact) mass is 244 g/mol. The first-order valence-corrected chi connectivity index (χ1v) is 4.95. The van der Waals surface area contributed by atoms with E-state index in [0.717, 1.165) is 6.20 Å². The molecule has 0 atom stereocenters. The molecular weight excluding hydrogens is 236 g/mol. The summed E-state index contributed by atoms with van der Waals surface area (Å²) >= 11 is 0. The summed E-state index contributed by atoms with van der Waals surface area (Å²) in [4.78, 5) is 26.1. The predicted molar refractivity (Wildman–Crippen MR) is 61.2 cm³/mol. The molecule has 2 heterocycles. The van der Waals surface area contributed by atoms with Gasteiger partial charge in [0.15, 0.2) is 5.82 Å². The normalized spacial score (nSPS) is 9.78. The molecule has 0 saturated carbocycles. The van der Waals surface area contributed by atoms with Gasteiger partial charge in [0.05, 0.1) is 5.56 Å². The lowest BCUT2D eigenvalue weighted by atomic mass is 10.2. The first-order chi connectivity index (χ1) is 8.66. The molecule has 0 aliphatic rings. The van der Waals surface area contributed by atoms with Gasteiger partial charge in [0.25, 0.3) is 5.91 Å². The Bertz CT molecular complexity index is 569. The summed E-state index contributed by atoms with van der Waals surface area (Å²) < 4.78 is 0. The Morgan fingerprint density at radius 1 is 1.22 bits per heavy atom. The summed E-state index contributed by atoms with van der Waals surface area (Å²) in [5, 5.41) is 18.5. The number of carbonyl (C=O) groups excluding carboxylic acids is 1. The second-order valence-corrected chi connectivity index (χ2v) is 3.30. The summed E-state index contributed by atoms with van der Waals surface area (Å²) in [7, 11) is 0. The quantitative estimate of drug-likeness (QED) is 0.828. The molecule has 2 aromatic heterocycles. The van der Waals surface area contributed by atoms with Crippen LogP contribution in [0.1, 0.15) is 20.8 Å². The second-order valence-electron chi connectivity index (χ2n) is 3.30. The lowest BCUT2D eigenvalue weighted by molar-refractivity contribution is 0.0696. The van der Waals surface area contributed by atoms with Crippen molar-refractivity contribution in [2.75, 3.05) is 5.32 Å². The lowest BCUT2D eigenvalue weighted by Gasteiger charge is -2.02. The first kappa shape index (κ1) is 11.6. The number of carbonyl (C=O) groups is 2. The summed E-state index contributed by atoms with van der Waals surface area (Å²) in [6.07, 6.45) is 2.60. The Kier molecular flexibility index (Phi) is 3.24. The van der Waals surface area contributed by atoms with Gasteiger partial charge in [-0.15, -0.1) is 5.10 Å². The van der Waals surface area contributed by atoms with Crippen molar-refractivity contribution in [3.63, 3.8) is 0 Å². The van der Waals surface area contributed by atoms with E-state index >= 15 is 0 Å². The molecule has 7 nitrogen and oxygen atoms in total. The van der Waals surface area contributed by atoms with E-state index in [2.05, 4.69) is 20.5 Å². The molecule has 0 saturated heterocycles. The molecule has 0 radical (unpaired) electrons. The number of carboxylic acid groups (broad SMARTS) is 1. The number of rotatable bonds is 3. The van der Waals surface area contributed by atoms with Crippen molar-refractivity contribution in [3.8, 4) is 0 Å². The van der Waals surface area contributed by atoms with Crippen LogP contribution in [0, 0.1) is 0 Å². The number of hydrogen-bond acceptors (Lipinski definition) is 5. The number of pyridine rings is 1. The van der Waals surface area contributed by atoms with E-state index in [1.165, 1.54) is 18.3 Å². The van der Waals surface area contributed by atoms with Gasteiger partial charge in [0.2, 0.25) is 0 Å². The molecule has 1 amide bonds. The predicted octanol–water partition coefficient (Wildman–Crippen LogP) is 0.822. The largest absolute Gasteiger partial charge is 0.478 e. The highest BCUT2D eigenvalue weighted by Gasteiger charge is 2.10. The van der Waals surface area contributed by atoms with Gasteiger partial charge in [-0.05, 0) is 24.3 Å². The van der Waals surface area contributed by atoms with Gasteiger partial charge in [-0.2, -0.15) is 5.10 Å². The summed E-state index contributed by atoms with van der Waals surface area (Å²) in [5.74, 6) is -1.28. The lowest BCUT2D eigenvalue weighted by Crippen LogP contribution is -2.15. The van der Waals surface area contributed by atoms with Crippen molar-refractivity contribution in [3.05, 3.63) is 47.9 Å². The molecule has 0 aliphatic carbocycles. The van der Waals surface area contributed by atoms with Crippen LogP contribution in [0.4, 0.5) is 5.82 Å². The standard InChI is InChI=1S/C11H8N4O3/c16-10(14-9-2-1-5-13-15-9)8-4-3-7(6-12-8)11(17)18/h1-6H,(H,17,18)(H,14,15,16). The molecule has 2 aromatic rings. The number of aromatic carboxylic acids is 1. The van der Waals surface area contributed by atoms with Gasteiger partial charge in [0.1, 0.15) is 5.69 Å². The molecular formula is C11H8N4O3. The number of carboxylic acids is 1. The maximum Gasteiger partial charge on any atom is 0.337 e. The number of amides is 1. The third-order valence-corrected chi connectivity index (χ3v) is 2.06. The zero-order valence-corrected chi connectivity index (χ0v) is 9.07. The first-order valence-electron chi connectivity index (χ1n) is 4.95. The number of hydrogen-bond donors (Lipinski definition) is 2. The van der Waals surface area contributed by atoms with Gasteiger partial charge in [-0.25, -0.2) is 4.79 Å². The molecule has 0 aliphatic heterocycles. The fraction of sp³-hybridized carbons (Fsp3) is 0. The molecule has 0 unspecified atom stereocenters. The number of nitrogens with zero attached hydrogens (tertiary/aromatic N) is 3. The van der Waals surface area contributed by atoms with Crippen LogP contribution in [-0.2, 0) is 0 Å². The van der Waals surface area contributed by atoms with Crippen molar-refractivity contribution < 1.29 is 14.7 Å². The van der Waals surface area contributed by atoms with E-state index in [-0.39, 0.29) is 11.3 Å². The third kappa shape index (κ3) is 2.64. The average Bonchev–Trinajstić information content (AvgIpc) is 2.40. The SMILES string of the molecule is O=C(O)c1ccc(C(=O)Nc2cccnn2)nc1. The molecule has 2 N–H and O–H groups in total. The molecule has 2 rings (SSSR count). The van der Waals surface area contributed by atoms with Gasteiger partial charge in [0, 0.05) is 12.4 Å². The summed E-state index contributed by atoms with van der Waals surface area (Å²) in [5.41, 5.74) is 0.122. The minimum absolute atomic E-state index is 0.0195. The van der Waals surface area contributed by atoms with E-state index in [0.29, 0.717) is 5.82 Å². The average molecular weight is 244 g/mol. The number of aromatic nitrogens is 3. The van der Waals surface area contributed by atoms with Crippen molar-refractivity contribution in [2.24, 2.45) is 0 Å². The molecule has 0 spiro atoms. The highest BCUT2D eigenvalue weighted by atomic mass is 16.4. The van der Waals surface area contributed by atoms with E-state index < -0.39 is 11.9 Å².